The van der Waals surface area contributed by atoms with Gasteiger partial charge in [0, 0.05) is 35.1 Å². The third-order valence-electron chi connectivity index (χ3n) is 5.98. The predicted octanol–water partition coefficient (Wildman–Crippen LogP) is 6.00. The number of nitrogens with one attached hydrogen (secondary N) is 2. The highest BCUT2D eigenvalue weighted by atomic mass is 16.5. The smallest absolute Gasteiger partial charge is 0.311 e. The quantitative estimate of drug-likeness (QED) is 0.164. The Hall–Kier alpha value is -5.12. The molecule has 0 atom stereocenters. The molecule has 5 rings (SSSR count). The minimum atomic E-state index is -0.251. The van der Waals surface area contributed by atoms with Crippen LogP contribution in [0.25, 0.3) is 45.6 Å². The summed E-state index contributed by atoms with van der Waals surface area (Å²) in [5.41, 5.74) is 3.23. The number of benzene rings is 3. The van der Waals surface area contributed by atoms with Crippen LogP contribution in [0.15, 0.2) is 72.8 Å². The predicted molar refractivity (Wildman–Crippen MR) is 149 cm³/mol. The van der Waals surface area contributed by atoms with E-state index in [-0.39, 0.29) is 11.9 Å². The van der Waals surface area contributed by atoms with Crippen LogP contribution in [-0.4, -0.2) is 42.3 Å². The van der Waals surface area contributed by atoms with Gasteiger partial charge in [-0.3, -0.25) is 19.8 Å². The molecule has 0 aliphatic carbocycles. The summed E-state index contributed by atoms with van der Waals surface area (Å²) in [6, 6.07) is 21.9. The largest absolute Gasteiger partial charge is 0.427 e. The average molecular weight is 537 g/mol. The van der Waals surface area contributed by atoms with E-state index in [1.54, 1.807) is 24.3 Å². The zero-order chi connectivity index (χ0) is 27.9. The summed E-state index contributed by atoms with van der Waals surface area (Å²) in [5, 5.41) is 14.7. The van der Waals surface area contributed by atoms with Crippen LogP contribution in [0.1, 0.15) is 39.5 Å². The van der Waals surface area contributed by atoms with E-state index in [2.05, 4.69) is 30.4 Å². The first-order valence-corrected chi connectivity index (χ1v) is 13.1. The van der Waals surface area contributed by atoms with E-state index < -0.39 is 0 Å². The molecule has 202 valence electrons. The van der Waals surface area contributed by atoms with Gasteiger partial charge >= 0.3 is 11.9 Å². The molecule has 3 aromatic carbocycles. The van der Waals surface area contributed by atoms with E-state index >= 15 is 0 Å². The van der Waals surface area contributed by atoms with Gasteiger partial charge in [-0.25, -0.2) is 9.97 Å². The standard InChI is InChI=1S/C30H28N6O4/c1-3-6-25(37)39-23-14-10-19(11-15-23)27-31-29(35-33-27)21-8-5-9-22(18-21)30-32-28(34-36-30)20-12-16-24(17-13-20)40-26(38)7-4-2/h5,8-18H,3-4,6-7H2,1-2H3,(H,31,33,35)(H,32,34,36). The van der Waals surface area contributed by atoms with Gasteiger partial charge in [0.25, 0.3) is 0 Å². The van der Waals surface area contributed by atoms with Gasteiger partial charge in [0.15, 0.2) is 23.3 Å². The van der Waals surface area contributed by atoms with Crippen LogP contribution in [0.2, 0.25) is 0 Å². The molecule has 10 heteroatoms. The van der Waals surface area contributed by atoms with Crippen LogP contribution < -0.4 is 9.47 Å². The Kier molecular flexibility index (Phi) is 8.05. The number of nitrogens with zero attached hydrogens (tertiary/aromatic N) is 4. The fourth-order valence-electron chi connectivity index (χ4n) is 3.97. The number of carbonyl (C=O) groups excluding carboxylic acids is 2. The number of aromatic amines is 2. The van der Waals surface area contributed by atoms with Crippen molar-refractivity contribution < 1.29 is 19.1 Å². The first-order chi connectivity index (χ1) is 19.5. The molecule has 0 radical (unpaired) electrons. The van der Waals surface area contributed by atoms with Gasteiger partial charge < -0.3 is 9.47 Å². The fourth-order valence-corrected chi connectivity index (χ4v) is 3.97. The summed E-state index contributed by atoms with van der Waals surface area (Å²) < 4.78 is 10.6. The van der Waals surface area contributed by atoms with Crippen molar-refractivity contribution in [2.45, 2.75) is 39.5 Å². The molecule has 0 fully saturated rings. The van der Waals surface area contributed by atoms with Crippen molar-refractivity contribution in [3.63, 3.8) is 0 Å². The van der Waals surface area contributed by atoms with Crippen LogP contribution >= 0.6 is 0 Å². The molecular formula is C30H28N6O4. The minimum absolute atomic E-state index is 0.251. The molecule has 40 heavy (non-hydrogen) atoms. The minimum Gasteiger partial charge on any atom is -0.427 e. The van der Waals surface area contributed by atoms with Crippen LogP contribution in [0, 0.1) is 0 Å². The van der Waals surface area contributed by atoms with Crippen molar-refractivity contribution in [1.82, 2.24) is 30.4 Å². The molecule has 0 aliphatic rings. The molecule has 0 aliphatic heterocycles. The summed E-state index contributed by atoms with van der Waals surface area (Å²) >= 11 is 0. The molecule has 10 nitrogen and oxygen atoms in total. The third kappa shape index (κ3) is 6.29. The van der Waals surface area contributed by atoms with Gasteiger partial charge in [-0.15, -0.1) is 0 Å². The highest BCUT2D eigenvalue weighted by molar-refractivity contribution is 5.73. The summed E-state index contributed by atoms with van der Waals surface area (Å²) in [6.07, 6.45) is 2.24. The normalized spacial score (nSPS) is 10.8. The number of esters is 2. The molecule has 0 saturated heterocycles. The maximum Gasteiger partial charge on any atom is 0.311 e. The second-order valence-electron chi connectivity index (χ2n) is 9.09. The Morgan fingerprint density at radius 1 is 0.625 bits per heavy atom. The number of H-pyrrole nitrogens is 2. The third-order valence-corrected chi connectivity index (χ3v) is 5.98. The van der Waals surface area contributed by atoms with E-state index in [1.807, 2.05) is 62.4 Å². The Morgan fingerprint density at radius 2 is 1.05 bits per heavy atom. The van der Waals surface area contributed by atoms with Crippen LogP contribution in [0.3, 0.4) is 0 Å². The van der Waals surface area contributed by atoms with Crippen molar-refractivity contribution in [3.05, 3.63) is 72.8 Å². The van der Waals surface area contributed by atoms with Crippen LogP contribution in [0.4, 0.5) is 0 Å². The average Bonchev–Trinajstić information content (AvgIpc) is 3.65. The Labute approximate surface area is 230 Å². The zero-order valence-corrected chi connectivity index (χ0v) is 22.2. The van der Waals surface area contributed by atoms with Crippen molar-refractivity contribution in [1.29, 1.82) is 0 Å². The number of aromatic nitrogens is 6. The first-order valence-electron chi connectivity index (χ1n) is 13.1. The SMILES string of the molecule is CCCC(=O)Oc1ccc(-c2nc(-c3cccc(-c4n[nH]c(-c5ccc(OC(=O)CCC)cc5)n4)c3)n[nH]2)cc1. The van der Waals surface area contributed by atoms with E-state index in [9.17, 15) is 9.59 Å². The van der Waals surface area contributed by atoms with Gasteiger partial charge in [0.05, 0.1) is 0 Å². The monoisotopic (exact) mass is 536 g/mol. The number of hydrogen-bond acceptors (Lipinski definition) is 8. The van der Waals surface area contributed by atoms with E-state index in [0.29, 0.717) is 47.6 Å². The lowest BCUT2D eigenvalue weighted by atomic mass is 10.1. The van der Waals surface area contributed by atoms with Gasteiger partial charge in [-0.05, 0) is 67.4 Å². The van der Waals surface area contributed by atoms with Crippen molar-refractivity contribution in [2.24, 2.45) is 0 Å². The number of hydrogen-bond donors (Lipinski definition) is 2. The molecular weight excluding hydrogens is 508 g/mol. The van der Waals surface area contributed by atoms with E-state index in [1.165, 1.54) is 0 Å². The van der Waals surface area contributed by atoms with Crippen molar-refractivity contribution in [3.8, 4) is 57.1 Å². The van der Waals surface area contributed by atoms with Gasteiger partial charge in [-0.1, -0.05) is 32.0 Å². The number of carbonyl (C=O) groups is 2. The highest BCUT2D eigenvalue weighted by Gasteiger charge is 2.13. The second kappa shape index (κ2) is 12.2. The molecule has 0 saturated carbocycles. The van der Waals surface area contributed by atoms with Gasteiger partial charge in [-0.2, -0.15) is 10.2 Å². The second-order valence-corrected chi connectivity index (χ2v) is 9.09. The van der Waals surface area contributed by atoms with Crippen molar-refractivity contribution in [2.75, 3.05) is 0 Å². The lowest BCUT2D eigenvalue weighted by molar-refractivity contribution is -0.135. The lowest BCUT2D eigenvalue weighted by Crippen LogP contribution is -2.06. The van der Waals surface area contributed by atoms with Crippen LogP contribution in [-0.2, 0) is 9.59 Å². The van der Waals surface area contributed by atoms with Gasteiger partial charge in [0.2, 0.25) is 0 Å². The number of rotatable bonds is 10. The summed E-state index contributed by atoms with van der Waals surface area (Å²) in [6.45, 7) is 3.86. The maximum absolute atomic E-state index is 11.7. The maximum atomic E-state index is 11.7. The summed E-state index contributed by atoms with van der Waals surface area (Å²) in [7, 11) is 0. The molecule has 0 unspecified atom stereocenters. The molecule has 2 aromatic heterocycles. The number of ether oxygens (including phenoxy) is 2. The lowest BCUT2D eigenvalue weighted by Gasteiger charge is -2.04. The van der Waals surface area contributed by atoms with Crippen LogP contribution in [0.5, 0.6) is 11.5 Å². The van der Waals surface area contributed by atoms with Crippen molar-refractivity contribution >= 4 is 11.9 Å². The Morgan fingerprint density at radius 3 is 1.45 bits per heavy atom. The molecule has 0 spiro atoms. The first kappa shape index (κ1) is 26.5. The summed E-state index contributed by atoms with van der Waals surface area (Å²) in [5.74, 6) is 2.72. The zero-order valence-electron chi connectivity index (χ0n) is 22.2. The highest BCUT2D eigenvalue weighted by Crippen LogP contribution is 2.27. The topological polar surface area (TPSA) is 136 Å². The molecule has 0 bridgehead atoms. The molecule has 2 N–H and O–H groups in total. The fraction of sp³-hybridized carbons (Fsp3) is 0.200. The Balaban J connectivity index is 1.29. The van der Waals surface area contributed by atoms with Gasteiger partial charge in [0.1, 0.15) is 11.5 Å². The molecule has 2 heterocycles. The van der Waals surface area contributed by atoms with E-state index in [0.717, 1.165) is 35.1 Å². The molecule has 5 aromatic rings. The Bertz CT molecular complexity index is 1490. The molecule has 0 amide bonds. The summed E-state index contributed by atoms with van der Waals surface area (Å²) in [4.78, 5) is 32.7. The van der Waals surface area contributed by atoms with E-state index in [4.69, 9.17) is 9.47 Å².